The third-order valence-electron chi connectivity index (χ3n) is 6.09. The van der Waals surface area contributed by atoms with Crippen LogP contribution >= 0.6 is 22.6 Å². The molecule has 3 aliphatic rings. The lowest BCUT2D eigenvalue weighted by Gasteiger charge is -2.38. The van der Waals surface area contributed by atoms with E-state index in [4.69, 9.17) is 4.74 Å². The number of hydrogen-bond acceptors (Lipinski definition) is 2. The van der Waals surface area contributed by atoms with Crippen molar-refractivity contribution in [2.75, 3.05) is 0 Å². The molecule has 0 amide bonds. The predicted molar refractivity (Wildman–Crippen MR) is 108 cm³/mol. The van der Waals surface area contributed by atoms with E-state index in [1.54, 1.807) is 12.2 Å². The lowest BCUT2D eigenvalue weighted by molar-refractivity contribution is -0.254. The molecule has 0 heterocycles. The molecule has 5 heteroatoms. The van der Waals surface area contributed by atoms with E-state index in [-0.39, 0.29) is 11.5 Å². The fourth-order valence-electron chi connectivity index (χ4n) is 4.71. The van der Waals surface area contributed by atoms with Crippen molar-refractivity contribution in [3.63, 3.8) is 0 Å². The molecule has 3 aliphatic carbocycles. The summed E-state index contributed by atoms with van der Waals surface area (Å²) in [6.45, 7) is 1.84. The minimum Gasteiger partial charge on any atom is -0.508 e. The Bertz CT molecular complexity index is 581. The Hall–Kier alpha value is -0.590. The molecule has 3 rings (SSSR count). The zero-order chi connectivity index (χ0) is 18.8. The summed E-state index contributed by atoms with van der Waals surface area (Å²) in [4.78, 5) is 0. The molecule has 0 radical (unpaired) electrons. The van der Waals surface area contributed by atoms with E-state index in [1.807, 2.05) is 6.92 Å². The van der Waals surface area contributed by atoms with Crippen molar-refractivity contribution in [1.29, 1.82) is 0 Å². The largest absolute Gasteiger partial charge is 0.508 e. The van der Waals surface area contributed by atoms with Crippen LogP contribution in [0.1, 0.15) is 64.7 Å². The maximum atomic E-state index is 14.8. The summed E-state index contributed by atoms with van der Waals surface area (Å²) in [5.41, 5.74) is 0. The molecule has 0 saturated heterocycles. The Balaban J connectivity index is 1.59. The highest BCUT2D eigenvalue weighted by molar-refractivity contribution is 14.1. The second-order valence-electron chi connectivity index (χ2n) is 8.27. The molecule has 2 nitrogen and oxygen atoms in total. The molecular formula is C21H29F2IO2. The van der Waals surface area contributed by atoms with Crippen LogP contribution in [-0.4, -0.2) is 14.6 Å². The first-order valence-corrected chi connectivity index (χ1v) is 10.9. The summed E-state index contributed by atoms with van der Waals surface area (Å²) in [6.07, 6.45) is 12.3. The van der Waals surface area contributed by atoms with Gasteiger partial charge in [-0.05, 0) is 68.7 Å². The highest BCUT2D eigenvalue weighted by atomic mass is 127. The Morgan fingerprint density at radius 2 is 1.62 bits per heavy atom. The molecule has 0 aromatic rings. The van der Waals surface area contributed by atoms with Crippen LogP contribution in [0.5, 0.6) is 0 Å². The Kier molecular flexibility index (Phi) is 6.35. The van der Waals surface area contributed by atoms with Gasteiger partial charge in [-0.2, -0.15) is 8.78 Å². The molecule has 146 valence electrons. The van der Waals surface area contributed by atoms with E-state index in [0.717, 1.165) is 18.8 Å². The summed E-state index contributed by atoms with van der Waals surface area (Å²) < 4.78 is 34.1. The molecule has 0 aromatic heterocycles. The monoisotopic (exact) mass is 478 g/mol. The van der Waals surface area contributed by atoms with E-state index in [1.165, 1.54) is 44.3 Å². The standard InChI is InChI=1S/C21H29F2IO2/c1-20(24)13-18(25)11-12-19(14-20)26-21(22,23)17-9-7-16(8-10-17)15-5-3-2-4-6-15/h11-17,25H,2-10H2,1H3. The number of alkyl halides is 3. The van der Waals surface area contributed by atoms with Gasteiger partial charge in [0.25, 0.3) is 0 Å². The van der Waals surface area contributed by atoms with Gasteiger partial charge in [0.2, 0.25) is 0 Å². The smallest absolute Gasteiger partial charge is 0.400 e. The molecule has 26 heavy (non-hydrogen) atoms. The number of aliphatic hydroxyl groups is 1. The molecular weight excluding hydrogens is 449 g/mol. The van der Waals surface area contributed by atoms with Gasteiger partial charge < -0.3 is 9.84 Å². The predicted octanol–water partition coefficient (Wildman–Crippen LogP) is 7.07. The quantitative estimate of drug-likeness (QED) is 0.346. The van der Waals surface area contributed by atoms with Gasteiger partial charge >= 0.3 is 6.11 Å². The van der Waals surface area contributed by atoms with Gasteiger partial charge in [-0.25, -0.2) is 0 Å². The second-order valence-corrected chi connectivity index (χ2v) is 10.6. The average molecular weight is 478 g/mol. The zero-order valence-electron chi connectivity index (χ0n) is 15.4. The van der Waals surface area contributed by atoms with Crippen molar-refractivity contribution in [2.45, 2.75) is 74.2 Å². The van der Waals surface area contributed by atoms with E-state index in [2.05, 4.69) is 22.6 Å². The van der Waals surface area contributed by atoms with Crippen LogP contribution < -0.4 is 0 Å². The zero-order valence-corrected chi connectivity index (χ0v) is 17.6. The van der Waals surface area contributed by atoms with Crippen LogP contribution in [0.15, 0.2) is 35.8 Å². The van der Waals surface area contributed by atoms with Gasteiger partial charge in [0.05, 0.1) is 9.34 Å². The number of halogens is 3. The average Bonchev–Trinajstić information content (AvgIpc) is 2.72. The van der Waals surface area contributed by atoms with E-state index < -0.39 is 15.4 Å². The van der Waals surface area contributed by atoms with Gasteiger partial charge in [0.1, 0.15) is 11.5 Å². The van der Waals surface area contributed by atoms with Crippen molar-refractivity contribution in [1.82, 2.24) is 0 Å². The van der Waals surface area contributed by atoms with Gasteiger partial charge in [0.15, 0.2) is 0 Å². The normalized spacial score (nSPS) is 34.0. The third kappa shape index (κ3) is 5.23. The van der Waals surface area contributed by atoms with Gasteiger partial charge in [-0.15, -0.1) is 0 Å². The van der Waals surface area contributed by atoms with Gasteiger partial charge in [-0.1, -0.05) is 54.7 Å². The van der Waals surface area contributed by atoms with Crippen LogP contribution in [0.4, 0.5) is 8.78 Å². The van der Waals surface area contributed by atoms with Gasteiger partial charge in [-0.3, -0.25) is 0 Å². The van der Waals surface area contributed by atoms with Crippen molar-refractivity contribution < 1.29 is 18.6 Å². The third-order valence-corrected chi connectivity index (χ3v) is 6.71. The van der Waals surface area contributed by atoms with Crippen LogP contribution in [-0.2, 0) is 4.74 Å². The molecule has 2 saturated carbocycles. The Morgan fingerprint density at radius 3 is 2.27 bits per heavy atom. The summed E-state index contributed by atoms with van der Waals surface area (Å²) in [5.74, 6) is 0.843. The Morgan fingerprint density at radius 1 is 1.00 bits per heavy atom. The van der Waals surface area contributed by atoms with E-state index in [9.17, 15) is 13.9 Å². The molecule has 1 atom stereocenters. The number of ether oxygens (including phenoxy) is 1. The minimum atomic E-state index is -3.17. The van der Waals surface area contributed by atoms with Crippen molar-refractivity contribution in [3.8, 4) is 0 Å². The number of allylic oxidation sites excluding steroid dienone is 4. The fourth-order valence-corrected chi connectivity index (χ4v) is 5.33. The Labute approximate surface area is 168 Å². The number of hydrogen-bond donors (Lipinski definition) is 1. The van der Waals surface area contributed by atoms with Crippen LogP contribution in [0.3, 0.4) is 0 Å². The molecule has 0 spiro atoms. The lowest BCUT2D eigenvalue weighted by Crippen LogP contribution is -2.35. The topological polar surface area (TPSA) is 29.5 Å². The molecule has 0 aromatic carbocycles. The van der Waals surface area contributed by atoms with Crippen molar-refractivity contribution in [3.05, 3.63) is 35.8 Å². The highest BCUT2D eigenvalue weighted by Crippen LogP contribution is 2.45. The maximum absolute atomic E-state index is 14.8. The number of aliphatic hydroxyl groups excluding tert-OH is 1. The van der Waals surface area contributed by atoms with Crippen molar-refractivity contribution >= 4 is 22.6 Å². The van der Waals surface area contributed by atoms with Gasteiger partial charge in [0, 0.05) is 0 Å². The van der Waals surface area contributed by atoms with E-state index >= 15 is 0 Å². The first kappa shape index (κ1) is 20.2. The molecule has 0 aliphatic heterocycles. The van der Waals surface area contributed by atoms with E-state index in [0.29, 0.717) is 18.8 Å². The molecule has 1 N–H and O–H groups in total. The summed E-state index contributed by atoms with van der Waals surface area (Å²) in [5, 5.41) is 9.74. The van der Waals surface area contributed by atoms with Crippen molar-refractivity contribution in [2.24, 2.45) is 17.8 Å². The lowest BCUT2D eigenvalue weighted by atomic mass is 9.71. The van der Waals surface area contributed by atoms with Crippen LogP contribution in [0, 0.1) is 17.8 Å². The number of rotatable bonds is 4. The summed E-state index contributed by atoms with van der Waals surface area (Å²) >= 11 is 2.10. The van der Waals surface area contributed by atoms with Crippen LogP contribution in [0.2, 0.25) is 0 Å². The maximum Gasteiger partial charge on any atom is 0.400 e. The first-order valence-electron chi connectivity index (χ1n) is 9.84. The highest BCUT2D eigenvalue weighted by Gasteiger charge is 2.45. The second kappa shape index (κ2) is 8.19. The minimum absolute atomic E-state index is 0.0630. The summed E-state index contributed by atoms with van der Waals surface area (Å²) in [7, 11) is 0. The molecule has 1 unspecified atom stereocenters. The van der Waals surface area contributed by atoms with Crippen LogP contribution in [0.25, 0.3) is 0 Å². The fraction of sp³-hybridized carbons (Fsp3) is 0.714. The SMILES string of the molecule is CC1(I)C=C(O)C=CC(OC(F)(F)C2CCC(C3CCCCC3)CC2)=C1. The summed E-state index contributed by atoms with van der Waals surface area (Å²) in [6, 6.07) is 0. The first-order chi connectivity index (χ1) is 12.3. The molecule has 2 fully saturated rings. The molecule has 0 bridgehead atoms.